The Morgan fingerprint density at radius 3 is 2.31 bits per heavy atom. The standard InChI is InChI=1S/C14H14O2/c1-10-6-7-14(8-11(10)2)16-13-5-3-4-12(15)9-13/h3-9,15H,1-2H3. The Hall–Kier alpha value is -1.96. The summed E-state index contributed by atoms with van der Waals surface area (Å²) < 4.78 is 5.64. The third-order valence-electron chi connectivity index (χ3n) is 2.53. The van der Waals surface area contributed by atoms with Crippen molar-refractivity contribution in [3.63, 3.8) is 0 Å². The van der Waals surface area contributed by atoms with E-state index >= 15 is 0 Å². The van der Waals surface area contributed by atoms with Crippen LogP contribution in [0.15, 0.2) is 42.5 Å². The maximum atomic E-state index is 9.31. The molecule has 0 radical (unpaired) electrons. The van der Waals surface area contributed by atoms with Crippen molar-refractivity contribution in [1.29, 1.82) is 0 Å². The molecular weight excluding hydrogens is 200 g/mol. The van der Waals surface area contributed by atoms with E-state index in [-0.39, 0.29) is 5.75 Å². The van der Waals surface area contributed by atoms with Crippen LogP contribution in [0.3, 0.4) is 0 Å². The van der Waals surface area contributed by atoms with Crippen molar-refractivity contribution in [2.45, 2.75) is 13.8 Å². The Labute approximate surface area is 95.1 Å². The first-order chi connectivity index (χ1) is 7.65. The molecule has 16 heavy (non-hydrogen) atoms. The number of aryl methyl sites for hydroxylation is 2. The molecule has 2 heteroatoms. The Bertz CT molecular complexity index is 504. The fourth-order valence-corrected chi connectivity index (χ4v) is 1.46. The number of hydrogen-bond acceptors (Lipinski definition) is 2. The average Bonchev–Trinajstić information content (AvgIpc) is 2.24. The monoisotopic (exact) mass is 214 g/mol. The lowest BCUT2D eigenvalue weighted by Crippen LogP contribution is -1.86. The van der Waals surface area contributed by atoms with Crippen molar-refractivity contribution in [3.05, 3.63) is 53.6 Å². The summed E-state index contributed by atoms with van der Waals surface area (Å²) in [6, 6.07) is 12.7. The zero-order chi connectivity index (χ0) is 11.5. The number of rotatable bonds is 2. The Morgan fingerprint density at radius 2 is 1.62 bits per heavy atom. The van der Waals surface area contributed by atoms with Crippen LogP contribution in [0.5, 0.6) is 17.2 Å². The van der Waals surface area contributed by atoms with Gasteiger partial charge in [-0.25, -0.2) is 0 Å². The van der Waals surface area contributed by atoms with Crippen LogP contribution in [-0.4, -0.2) is 5.11 Å². The van der Waals surface area contributed by atoms with Gasteiger partial charge in [0.2, 0.25) is 0 Å². The highest BCUT2D eigenvalue weighted by atomic mass is 16.5. The minimum Gasteiger partial charge on any atom is -0.508 e. The van der Waals surface area contributed by atoms with Crippen LogP contribution in [0.25, 0.3) is 0 Å². The van der Waals surface area contributed by atoms with Crippen LogP contribution in [0, 0.1) is 13.8 Å². The van der Waals surface area contributed by atoms with Gasteiger partial charge in [0.15, 0.2) is 0 Å². The van der Waals surface area contributed by atoms with E-state index in [9.17, 15) is 5.11 Å². The summed E-state index contributed by atoms with van der Waals surface area (Å²) in [5.74, 6) is 1.64. The lowest BCUT2D eigenvalue weighted by atomic mass is 10.1. The lowest BCUT2D eigenvalue weighted by molar-refractivity contribution is 0.455. The SMILES string of the molecule is Cc1ccc(Oc2cccc(O)c2)cc1C. The van der Waals surface area contributed by atoms with E-state index in [1.54, 1.807) is 18.2 Å². The first kappa shape index (κ1) is 10.6. The Balaban J connectivity index is 2.24. The number of phenols is 1. The van der Waals surface area contributed by atoms with Crippen molar-refractivity contribution in [1.82, 2.24) is 0 Å². The number of phenolic OH excluding ortho intramolecular Hbond substituents is 1. The van der Waals surface area contributed by atoms with Gasteiger partial charge in [-0.05, 0) is 49.2 Å². The maximum Gasteiger partial charge on any atom is 0.131 e. The molecule has 0 saturated carbocycles. The minimum atomic E-state index is 0.210. The fourth-order valence-electron chi connectivity index (χ4n) is 1.46. The number of aromatic hydroxyl groups is 1. The summed E-state index contributed by atoms with van der Waals surface area (Å²) in [6.45, 7) is 4.11. The smallest absolute Gasteiger partial charge is 0.131 e. The van der Waals surface area contributed by atoms with Gasteiger partial charge < -0.3 is 9.84 Å². The van der Waals surface area contributed by atoms with Gasteiger partial charge in [0.25, 0.3) is 0 Å². The van der Waals surface area contributed by atoms with E-state index in [1.165, 1.54) is 11.1 Å². The van der Waals surface area contributed by atoms with E-state index in [0.29, 0.717) is 5.75 Å². The van der Waals surface area contributed by atoms with Crippen LogP contribution in [0.1, 0.15) is 11.1 Å². The van der Waals surface area contributed by atoms with Gasteiger partial charge in [0.1, 0.15) is 17.2 Å². The highest BCUT2D eigenvalue weighted by Gasteiger charge is 2.00. The van der Waals surface area contributed by atoms with Gasteiger partial charge in [-0.15, -0.1) is 0 Å². The quantitative estimate of drug-likeness (QED) is 0.823. The predicted molar refractivity (Wildman–Crippen MR) is 64.1 cm³/mol. The molecule has 0 aliphatic rings. The molecule has 0 spiro atoms. The largest absolute Gasteiger partial charge is 0.508 e. The van der Waals surface area contributed by atoms with Crippen LogP contribution >= 0.6 is 0 Å². The summed E-state index contributed by atoms with van der Waals surface area (Å²) in [5, 5.41) is 9.31. The zero-order valence-corrected chi connectivity index (χ0v) is 9.40. The molecule has 0 bridgehead atoms. The van der Waals surface area contributed by atoms with Crippen LogP contribution < -0.4 is 4.74 Å². The summed E-state index contributed by atoms with van der Waals surface area (Å²) >= 11 is 0. The molecule has 0 fully saturated rings. The molecule has 1 N–H and O–H groups in total. The minimum absolute atomic E-state index is 0.210. The molecule has 0 amide bonds. The van der Waals surface area contributed by atoms with Gasteiger partial charge in [0.05, 0.1) is 0 Å². The van der Waals surface area contributed by atoms with Gasteiger partial charge in [-0.3, -0.25) is 0 Å². The van der Waals surface area contributed by atoms with E-state index < -0.39 is 0 Å². The molecule has 2 rings (SSSR count). The molecule has 0 aliphatic carbocycles. The van der Waals surface area contributed by atoms with Crippen molar-refractivity contribution >= 4 is 0 Å². The van der Waals surface area contributed by atoms with Crippen molar-refractivity contribution < 1.29 is 9.84 Å². The van der Waals surface area contributed by atoms with E-state index in [2.05, 4.69) is 6.92 Å². The maximum absolute atomic E-state index is 9.31. The summed E-state index contributed by atoms with van der Waals surface area (Å²) in [7, 11) is 0. The Kier molecular flexibility index (Phi) is 2.82. The molecule has 0 unspecified atom stereocenters. The average molecular weight is 214 g/mol. The van der Waals surface area contributed by atoms with Gasteiger partial charge in [-0.2, -0.15) is 0 Å². The predicted octanol–water partition coefficient (Wildman–Crippen LogP) is 3.80. The molecule has 2 aromatic rings. The van der Waals surface area contributed by atoms with Gasteiger partial charge in [0, 0.05) is 6.07 Å². The first-order valence-electron chi connectivity index (χ1n) is 5.19. The van der Waals surface area contributed by atoms with Crippen molar-refractivity contribution in [3.8, 4) is 17.2 Å². The van der Waals surface area contributed by atoms with Crippen molar-refractivity contribution in [2.24, 2.45) is 0 Å². The molecule has 0 atom stereocenters. The van der Waals surface area contributed by atoms with Crippen molar-refractivity contribution in [2.75, 3.05) is 0 Å². The van der Waals surface area contributed by atoms with Gasteiger partial charge in [-0.1, -0.05) is 12.1 Å². The highest BCUT2D eigenvalue weighted by Crippen LogP contribution is 2.25. The second kappa shape index (κ2) is 4.27. The fraction of sp³-hybridized carbons (Fsp3) is 0.143. The zero-order valence-electron chi connectivity index (χ0n) is 9.40. The normalized spacial score (nSPS) is 10.1. The molecule has 0 aromatic heterocycles. The number of ether oxygens (including phenoxy) is 1. The Morgan fingerprint density at radius 1 is 0.875 bits per heavy atom. The second-order valence-corrected chi connectivity index (χ2v) is 3.85. The topological polar surface area (TPSA) is 29.5 Å². The molecule has 2 nitrogen and oxygen atoms in total. The number of benzene rings is 2. The van der Waals surface area contributed by atoms with E-state index in [0.717, 1.165) is 5.75 Å². The third kappa shape index (κ3) is 2.34. The first-order valence-corrected chi connectivity index (χ1v) is 5.19. The van der Waals surface area contributed by atoms with Crippen LogP contribution in [0.4, 0.5) is 0 Å². The summed E-state index contributed by atoms with van der Waals surface area (Å²) in [5.41, 5.74) is 2.43. The molecule has 0 saturated heterocycles. The molecule has 2 aromatic carbocycles. The molecular formula is C14H14O2. The second-order valence-electron chi connectivity index (χ2n) is 3.85. The molecule has 0 heterocycles. The lowest BCUT2D eigenvalue weighted by Gasteiger charge is -2.07. The molecule has 0 aliphatic heterocycles. The summed E-state index contributed by atoms with van der Waals surface area (Å²) in [6.07, 6.45) is 0. The molecule has 82 valence electrons. The van der Waals surface area contributed by atoms with Gasteiger partial charge >= 0.3 is 0 Å². The van der Waals surface area contributed by atoms with Crippen LogP contribution in [-0.2, 0) is 0 Å². The third-order valence-corrected chi connectivity index (χ3v) is 2.53. The van der Waals surface area contributed by atoms with E-state index in [4.69, 9.17) is 4.74 Å². The highest BCUT2D eigenvalue weighted by molar-refractivity contribution is 5.39. The van der Waals surface area contributed by atoms with E-state index in [1.807, 2.05) is 31.2 Å². The van der Waals surface area contributed by atoms with Crippen LogP contribution in [0.2, 0.25) is 0 Å². The number of hydrogen-bond donors (Lipinski definition) is 1. The summed E-state index contributed by atoms with van der Waals surface area (Å²) in [4.78, 5) is 0.